The number of carbonyl (C=O) groups excluding carboxylic acids is 1. The number of hydrogen-bond acceptors (Lipinski definition) is 6. The first-order chi connectivity index (χ1) is 14.8. The third-order valence-corrected chi connectivity index (χ3v) is 7.11. The summed E-state index contributed by atoms with van der Waals surface area (Å²) in [5.74, 6) is 0.704. The molecule has 0 bridgehead atoms. The SMILES string of the molecule is CCCCOC(=O)N1CCC(OC2CCC(Oc3ccc(S(C)(=O)=O)cc3)CC2)CC1. The lowest BCUT2D eigenvalue weighted by Gasteiger charge is -2.35. The van der Waals surface area contributed by atoms with E-state index in [2.05, 4.69) is 6.92 Å². The van der Waals surface area contributed by atoms with Crippen molar-refractivity contribution in [3.8, 4) is 5.75 Å². The van der Waals surface area contributed by atoms with Crippen molar-refractivity contribution in [3.05, 3.63) is 24.3 Å². The summed E-state index contributed by atoms with van der Waals surface area (Å²) in [6.45, 7) is 3.96. The Bertz CT molecular complexity index is 794. The van der Waals surface area contributed by atoms with Gasteiger partial charge in [0, 0.05) is 19.3 Å². The Morgan fingerprint density at radius 3 is 2.13 bits per heavy atom. The smallest absolute Gasteiger partial charge is 0.409 e. The van der Waals surface area contributed by atoms with Crippen LogP contribution in [-0.4, -0.2) is 63.7 Å². The van der Waals surface area contributed by atoms with Crippen LogP contribution in [0.4, 0.5) is 4.79 Å². The molecule has 2 fully saturated rings. The number of likely N-dealkylation sites (tertiary alicyclic amines) is 1. The van der Waals surface area contributed by atoms with Gasteiger partial charge in [0.2, 0.25) is 0 Å². The number of carbonyl (C=O) groups is 1. The summed E-state index contributed by atoms with van der Waals surface area (Å²) >= 11 is 0. The van der Waals surface area contributed by atoms with Gasteiger partial charge >= 0.3 is 6.09 Å². The number of benzene rings is 1. The Hall–Kier alpha value is -1.80. The van der Waals surface area contributed by atoms with E-state index in [-0.39, 0.29) is 24.4 Å². The van der Waals surface area contributed by atoms with Crippen LogP contribution < -0.4 is 4.74 Å². The maximum Gasteiger partial charge on any atom is 0.409 e. The van der Waals surface area contributed by atoms with E-state index in [1.54, 1.807) is 29.2 Å². The number of nitrogens with zero attached hydrogens (tertiary/aromatic N) is 1. The van der Waals surface area contributed by atoms with Gasteiger partial charge in [-0.25, -0.2) is 13.2 Å². The molecule has 1 amide bonds. The van der Waals surface area contributed by atoms with E-state index in [0.29, 0.717) is 30.3 Å². The highest BCUT2D eigenvalue weighted by Crippen LogP contribution is 2.28. The molecule has 1 saturated carbocycles. The minimum atomic E-state index is -3.19. The molecule has 3 rings (SSSR count). The molecule has 174 valence electrons. The van der Waals surface area contributed by atoms with E-state index in [1.807, 2.05) is 0 Å². The van der Waals surface area contributed by atoms with Gasteiger partial charge in [0.1, 0.15) is 5.75 Å². The predicted octanol–water partition coefficient (Wildman–Crippen LogP) is 4.20. The Morgan fingerprint density at radius 1 is 0.968 bits per heavy atom. The minimum Gasteiger partial charge on any atom is -0.490 e. The van der Waals surface area contributed by atoms with Gasteiger partial charge in [0.15, 0.2) is 9.84 Å². The zero-order valence-corrected chi connectivity index (χ0v) is 19.4. The molecule has 1 aliphatic carbocycles. The Morgan fingerprint density at radius 2 is 1.55 bits per heavy atom. The normalized spacial score (nSPS) is 22.8. The second-order valence-corrected chi connectivity index (χ2v) is 10.6. The van der Waals surface area contributed by atoms with E-state index in [4.69, 9.17) is 14.2 Å². The van der Waals surface area contributed by atoms with Crippen LogP contribution in [0.25, 0.3) is 0 Å². The van der Waals surface area contributed by atoms with E-state index >= 15 is 0 Å². The van der Waals surface area contributed by atoms with Crippen LogP contribution in [0.2, 0.25) is 0 Å². The lowest BCUT2D eigenvalue weighted by atomic mass is 9.94. The van der Waals surface area contributed by atoms with Crippen molar-refractivity contribution >= 4 is 15.9 Å². The van der Waals surface area contributed by atoms with Gasteiger partial charge in [-0.3, -0.25) is 0 Å². The Kier molecular flexibility index (Phi) is 8.60. The summed E-state index contributed by atoms with van der Waals surface area (Å²) in [6.07, 6.45) is 8.93. The number of sulfone groups is 1. The standard InChI is InChI=1S/C23H35NO6S/c1-3-4-17-28-23(25)24-15-13-21(14-16-24)30-19-7-5-18(6-8-19)29-20-9-11-22(12-10-20)31(2,26)27/h9-12,18-19,21H,3-8,13-17H2,1-2H3. The fraction of sp³-hybridized carbons (Fsp3) is 0.696. The van der Waals surface area contributed by atoms with Crippen molar-refractivity contribution in [2.75, 3.05) is 26.0 Å². The van der Waals surface area contributed by atoms with Crippen molar-refractivity contribution in [3.63, 3.8) is 0 Å². The maximum atomic E-state index is 12.0. The average molecular weight is 454 g/mol. The summed E-state index contributed by atoms with van der Waals surface area (Å²) in [6, 6.07) is 6.62. The first-order valence-electron chi connectivity index (χ1n) is 11.4. The number of unbranched alkanes of at least 4 members (excludes halogenated alkanes) is 1. The molecule has 0 atom stereocenters. The lowest BCUT2D eigenvalue weighted by molar-refractivity contribution is -0.0650. The number of hydrogen-bond donors (Lipinski definition) is 0. The minimum absolute atomic E-state index is 0.128. The number of amides is 1. The summed E-state index contributed by atoms with van der Waals surface area (Å²) in [7, 11) is -3.19. The molecule has 0 radical (unpaired) electrons. The zero-order valence-electron chi connectivity index (χ0n) is 18.6. The van der Waals surface area contributed by atoms with Crippen LogP contribution in [0.3, 0.4) is 0 Å². The molecule has 0 unspecified atom stereocenters. The highest BCUT2D eigenvalue weighted by molar-refractivity contribution is 7.90. The molecule has 2 aliphatic rings. The van der Waals surface area contributed by atoms with Crippen LogP contribution in [0.1, 0.15) is 58.3 Å². The van der Waals surface area contributed by atoms with Gasteiger partial charge in [-0.2, -0.15) is 0 Å². The first kappa shape index (κ1) is 23.9. The van der Waals surface area contributed by atoms with Crippen LogP contribution in [0.5, 0.6) is 5.75 Å². The Labute approximate surface area is 186 Å². The van der Waals surface area contributed by atoms with Crippen molar-refractivity contribution in [1.82, 2.24) is 4.90 Å². The largest absolute Gasteiger partial charge is 0.490 e. The van der Waals surface area contributed by atoms with Crippen molar-refractivity contribution in [2.24, 2.45) is 0 Å². The highest BCUT2D eigenvalue weighted by atomic mass is 32.2. The zero-order chi connectivity index (χ0) is 22.3. The van der Waals surface area contributed by atoms with Gasteiger partial charge in [0.05, 0.1) is 29.8 Å². The van der Waals surface area contributed by atoms with Crippen molar-refractivity contribution in [2.45, 2.75) is 81.5 Å². The monoisotopic (exact) mass is 453 g/mol. The van der Waals surface area contributed by atoms with Crippen LogP contribution in [0.15, 0.2) is 29.2 Å². The maximum absolute atomic E-state index is 12.0. The van der Waals surface area contributed by atoms with E-state index in [0.717, 1.165) is 51.4 Å². The third kappa shape index (κ3) is 7.38. The van der Waals surface area contributed by atoms with E-state index in [1.165, 1.54) is 6.26 Å². The molecule has 1 heterocycles. The van der Waals surface area contributed by atoms with Crippen LogP contribution in [0, 0.1) is 0 Å². The second-order valence-electron chi connectivity index (χ2n) is 8.55. The number of piperidine rings is 1. The molecule has 1 aromatic rings. The summed E-state index contributed by atoms with van der Waals surface area (Å²) in [5.41, 5.74) is 0. The molecular formula is C23H35NO6S. The first-order valence-corrected chi connectivity index (χ1v) is 13.3. The molecule has 1 saturated heterocycles. The van der Waals surface area contributed by atoms with Gasteiger partial charge in [-0.15, -0.1) is 0 Å². The molecule has 1 aromatic carbocycles. The molecule has 0 N–H and O–H groups in total. The van der Waals surface area contributed by atoms with Gasteiger partial charge in [-0.05, 0) is 69.2 Å². The number of ether oxygens (including phenoxy) is 3. The summed E-state index contributed by atoms with van der Waals surface area (Å²) < 4.78 is 40.8. The van der Waals surface area contributed by atoms with E-state index in [9.17, 15) is 13.2 Å². The Balaban J connectivity index is 1.35. The molecular weight excluding hydrogens is 418 g/mol. The highest BCUT2D eigenvalue weighted by Gasteiger charge is 2.29. The summed E-state index contributed by atoms with van der Waals surface area (Å²) in [5, 5.41) is 0. The average Bonchev–Trinajstić information content (AvgIpc) is 2.75. The number of rotatable bonds is 8. The predicted molar refractivity (Wildman–Crippen MR) is 118 cm³/mol. The third-order valence-electron chi connectivity index (χ3n) is 5.98. The van der Waals surface area contributed by atoms with Crippen molar-refractivity contribution in [1.29, 1.82) is 0 Å². The topological polar surface area (TPSA) is 82.1 Å². The molecule has 7 nitrogen and oxygen atoms in total. The molecule has 8 heteroatoms. The molecule has 0 spiro atoms. The lowest BCUT2D eigenvalue weighted by Crippen LogP contribution is -2.42. The van der Waals surface area contributed by atoms with Crippen LogP contribution >= 0.6 is 0 Å². The quantitative estimate of drug-likeness (QED) is 0.549. The van der Waals surface area contributed by atoms with Gasteiger partial charge < -0.3 is 19.1 Å². The summed E-state index contributed by atoms with van der Waals surface area (Å²) in [4.78, 5) is 14.1. The van der Waals surface area contributed by atoms with Crippen LogP contribution in [-0.2, 0) is 19.3 Å². The van der Waals surface area contributed by atoms with E-state index < -0.39 is 9.84 Å². The fourth-order valence-corrected chi connectivity index (χ4v) is 4.72. The second kappa shape index (κ2) is 11.2. The molecule has 1 aliphatic heterocycles. The van der Waals surface area contributed by atoms with Gasteiger partial charge in [0.25, 0.3) is 0 Å². The fourth-order valence-electron chi connectivity index (χ4n) is 4.09. The molecule has 0 aromatic heterocycles. The van der Waals surface area contributed by atoms with Crippen molar-refractivity contribution < 1.29 is 27.4 Å². The molecule has 31 heavy (non-hydrogen) atoms. The van der Waals surface area contributed by atoms with Gasteiger partial charge in [-0.1, -0.05) is 13.3 Å².